The van der Waals surface area contributed by atoms with Gasteiger partial charge in [-0.2, -0.15) is 5.10 Å². The number of nitrogens with one attached hydrogen (secondary N) is 1. The molecule has 0 saturated carbocycles. The van der Waals surface area contributed by atoms with E-state index < -0.39 is 0 Å². The Labute approximate surface area is 162 Å². The van der Waals surface area contributed by atoms with E-state index in [1.807, 2.05) is 61.5 Å². The third-order valence-corrected chi connectivity index (χ3v) is 3.95. The lowest BCUT2D eigenvalue weighted by Crippen LogP contribution is -2.42. The van der Waals surface area contributed by atoms with Crippen LogP contribution in [0.2, 0.25) is 5.15 Å². The zero-order valence-corrected chi connectivity index (χ0v) is 15.6. The van der Waals surface area contributed by atoms with Crippen molar-refractivity contribution < 1.29 is 9.53 Å². The van der Waals surface area contributed by atoms with E-state index in [2.05, 4.69) is 15.6 Å². The summed E-state index contributed by atoms with van der Waals surface area (Å²) >= 11 is 5.89. The van der Waals surface area contributed by atoms with Gasteiger partial charge in [0.1, 0.15) is 5.75 Å². The number of hydrogen-bond acceptors (Lipinski definition) is 5. The molecule has 0 fully saturated rings. The van der Waals surface area contributed by atoms with Gasteiger partial charge in [-0.25, -0.2) is 10.4 Å². The first kappa shape index (κ1) is 18.8. The summed E-state index contributed by atoms with van der Waals surface area (Å²) in [5.74, 6) is 0.456. The molecule has 138 valence electrons. The van der Waals surface area contributed by atoms with Crippen molar-refractivity contribution in [2.45, 2.75) is 13.5 Å². The fraction of sp³-hybridized carbons (Fsp3) is 0.150. The number of ether oxygens (including phenoxy) is 1. The number of aromatic nitrogens is 2. The van der Waals surface area contributed by atoms with Crippen LogP contribution >= 0.6 is 11.6 Å². The first-order valence-electron chi connectivity index (χ1n) is 8.50. The highest BCUT2D eigenvalue weighted by molar-refractivity contribution is 6.29. The Kier molecular flexibility index (Phi) is 6.35. The average molecular weight is 383 g/mol. The summed E-state index contributed by atoms with van der Waals surface area (Å²) in [6, 6.07) is 18.6. The minimum atomic E-state index is -0.285. The number of benzene rings is 2. The predicted octanol–water partition coefficient (Wildman–Crippen LogP) is 3.88. The van der Waals surface area contributed by atoms with Crippen LogP contribution in [0.25, 0.3) is 0 Å². The number of carbonyl (C=O) groups excluding carboxylic acids is 1. The van der Waals surface area contributed by atoms with Crippen LogP contribution in [0, 0.1) is 0 Å². The van der Waals surface area contributed by atoms with E-state index in [1.165, 1.54) is 17.3 Å². The van der Waals surface area contributed by atoms with Gasteiger partial charge in [-0.3, -0.25) is 4.79 Å². The topological polar surface area (TPSA) is 67.3 Å². The lowest BCUT2D eigenvalue weighted by molar-refractivity contribution is 0.0973. The minimum Gasteiger partial charge on any atom is -0.494 e. The SMILES string of the molecule is CCOc1ccc(N(NCc2ccccc2)C(=O)c2cnnc(Cl)c2)cc1. The van der Waals surface area contributed by atoms with E-state index in [4.69, 9.17) is 16.3 Å². The number of nitrogens with zero attached hydrogens (tertiary/aromatic N) is 3. The molecule has 0 atom stereocenters. The summed E-state index contributed by atoms with van der Waals surface area (Å²) < 4.78 is 5.47. The maximum atomic E-state index is 13.0. The second kappa shape index (κ2) is 9.12. The Balaban J connectivity index is 1.86. The van der Waals surface area contributed by atoms with Crippen molar-refractivity contribution in [1.82, 2.24) is 15.6 Å². The molecule has 2 aromatic carbocycles. The minimum absolute atomic E-state index is 0.163. The summed E-state index contributed by atoms with van der Waals surface area (Å²) in [5.41, 5.74) is 5.23. The molecule has 0 spiro atoms. The smallest absolute Gasteiger partial charge is 0.274 e. The Hall–Kier alpha value is -2.96. The van der Waals surface area contributed by atoms with Crippen LogP contribution in [0.1, 0.15) is 22.8 Å². The van der Waals surface area contributed by atoms with Gasteiger partial charge in [0.05, 0.1) is 24.1 Å². The van der Waals surface area contributed by atoms with E-state index in [0.29, 0.717) is 24.4 Å². The maximum Gasteiger partial charge on any atom is 0.274 e. The van der Waals surface area contributed by atoms with Crippen LogP contribution in [-0.2, 0) is 6.54 Å². The molecule has 1 N–H and O–H groups in total. The Bertz CT molecular complexity index is 888. The number of hydrazine groups is 1. The van der Waals surface area contributed by atoms with Crippen molar-refractivity contribution in [3.05, 3.63) is 83.1 Å². The van der Waals surface area contributed by atoms with E-state index in [0.717, 1.165) is 11.3 Å². The molecule has 3 aromatic rings. The van der Waals surface area contributed by atoms with Crippen molar-refractivity contribution in [1.29, 1.82) is 0 Å². The van der Waals surface area contributed by atoms with Crippen LogP contribution < -0.4 is 15.2 Å². The monoisotopic (exact) mass is 382 g/mol. The molecule has 6 nitrogen and oxygen atoms in total. The molecule has 0 aliphatic carbocycles. The molecule has 27 heavy (non-hydrogen) atoms. The van der Waals surface area contributed by atoms with E-state index in [1.54, 1.807) is 0 Å². The van der Waals surface area contributed by atoms with Gasteiger partial charge in [-0.15, -0.1) is 5.10 Å². The Morgan fingerprint density at radius 2 is 1.89 bits per heavy atom. The number of carbonyl (C=O) groups is 1. The summed E-state index contributed by atoms with van der Waals surface area (Å²) in [4.78, 5) is 13.0. The molecular weight excluding hydrogens is 364 g/mol. The van der Waals surface area contributed by atoms with Gasteiger partial charge in [0.15, 0.2) is 5.15 Å². The highest BCUT2D eigenvalue weighted by Crippen LogP contribution is 2.21. The van der Waals surface area contributed by atoms with Crippen LogP contribution in [0.15, 0.2) is 66.9 Å². The molecular formula is C20H19ClN4O2. The Morgan fingerprint density at radius 3 is 2.56 bits per heavy atom. The van der Waals surface area contributed by atoms with Gasteiger partial charge in [-0.1, -0.05) is 41.9 Å². The predicted molar refractivity (Wildman–Crippen MR) is 105 cm³/mol. The quantitative estimate of drug-likeness (QED) is 0.628. The first-order chi connectivity index (χ1) is 13.2. The van der Waals surface area contributed by atoms with Crippen molar-refractivity contribution in [2.24, 2.45) is 0 Å². The number of rotatable bonds is 7. The maximum absolute atomic E-state index is 13.0. The van der Waals surface area contributed by atoms with Gasteiger partial charge in [0.25, 0.3) is 5.91 Å². The van der Waals surface area contributed by atoms with Gasteiger partial charge in [-0.05, 0) is 42.8 Å². The van der Waals surface area contributed by atoms with E-state index in [-0.39, 0.29) is 11.1 Å². The Morgan fingerprint density at radius 1 is 1.15 bits per heavy atom. The zero-order chi connectivity index (χ0) is 19.1. The van der Waals surface area contributed by atoms with E-state index >= 15 is 0 Å². The molecule has 0 radical (unpaired) electrons. The summed E-state index contributed by atoms with van der Waals surface area (Å²) in [5, 5.41) is 9.08. The summed E-state index contributed by atoms with van der Waals surface area (Å²) in [6.07, 6.45) is 1.39. The average Bonchev–Trinajstić information content (AvgIpc) is 2.70. The summed E-state index contributed by atoms with van der Waals surface area (Å²) in [7, 11) is 0. The molecule has 0 aliphatic heterocycles. The number of halogens is 1. The van der Waals surface area contributed by atoms with E-state index in [9.17, 15) is 4.79 Å². The van der Waals surface area contributed by atoms with Crippen molar-refractivity contribution in [3.63, 3.8) is 0 Å². The number of amides is 1. The molecule has 1 heterocycles. The molecule has 1 aromatic heterocycles. The largest absolute Gasteiger partial charge is 0.494 e. The van der Waals surface area contributed by atoms with Crippen molar-refractivity contribution in [3.8, 4) is 5.75 Å². The van der Waals surface area contributed by atoms with Crippen LogP contribution in [-0.4, -0.2) is 22.7 Å². The van der Waals surface area contributed by atoms with Gasteiger partial charge >= 0.3 is 0 Å². The highest BCUT2D eigenvalue weighted by atomic mass is 35.5. The molecule has 0 aliphatic rings. The number of anilines is 1. The fourth-order valence-corrected chi connectivity index (χ4v) is 2.65. The standard InChI is InChI=1S/C20H19ClN4O2/c1-2-27-18-10-8-17(9-11-18)25(23-13-15-6-4-3-5-7-15)20(26)16-12-19(21)24-22-14-16/h3-12,14,23H,2,13H2,1H3. The second-order valence-electron chi connectivity index (χ2n) is 5.65. The fourth-order valence-electron chi connectivity index (χ4n) is 2.49. The van der Waals surface area contributed by atoms with Crippen molar-refractivity contribution >= 4 is 23.2 Å². The number of hydrogen-bond donors (Lipinski definition) is 1. The molecule has 0 saturated heterocycles. The lowest BCUT2D eigenvalue weighted by atomic mass is 10.2. The van der Waals surface area contributed by atoms with Gasteiger partial charge in [0.2, 0.25) is 0 Å². The first-order valence-corrected chi connectivity index (χ1v) is 8.88. The molecule has 7 heteroatoms. The zero-order valence-electron chi connectivity index (χ0n) is 14.8. The molecule has 3 rings (SSSR count). The molecule has 0 bridgehead atoms. The third kappa shape index (κ3) is 5.03. The molecule has 0 unspecified atom stereocenters. The van der Waals surface area contributed by atoms with Crippen molar-refractivity contribution in [2.75, 3.05) is 11.6 Å². The lowest BCUT2D eigenvalue weighted by Gasteiger charge is -2.24. The van der Waals surface area contributed by atoms with Crippen LogP contribution in [0.4, 0.5) is 5.69 Å². The highest BCUT2D eigenvalue weighted by Gasteiger charge is 2.19. The normalized spacial score (nSPS) is 10.4. The van der Waals surface area contributed by atoms with Gasteiger partial charge < -0.3 is 4.74 Å². The third-order valence-electron chi connectivity index (χ3n) is 3.76. The van der Waals surface area contributed by atoms with Gasteiger partial charge in [0, 0.05) is 6.54 Å². The van der Waals surface area contributed by atoms with Crippen LogP contribution in [0.5, 0.6) is 5.75 Å². The second-order valence-corrected chi connectivity index (χ2v) is 6.04. The molecule has 1 amide bonds. The van der Waals surface area contributed by atoms with Crippen LogP contribution in [0.3, 0.4) is 0 Å². The summed E-state index contributed by atoms with van der Waals surface area (Å²) in [6.45, 7) is 2.98.